The second-order valence-electron chi connectivity index (χ2n) is 7.20. The minimum atomic E-state index is -0.186. The summed E-state index contributed by atoms with van der Waals surface area (Å²) in [5.41, 5.74) is 3.83. The zero-order chi connectivity index (χ0) is 22.5. The molecule has 0 aliphatic carbocycles. The molecule has 0 aliphatic heterocycles. The third-order valence-corrected chi connectivity index (χ3v) is 4.95. The van der Waals surface area contributed by atoms with E-state index >= 15 is 0 Å². The van der Waals surface area contributed by atoms with E-state index in [-0.39, 0.29) is 5.91 Å². The van der Waals surface area contributed by atoms with Gasteiger partial charge in [0.15, 0.2) is 0 Å². The number of hydrogen-bond acceptors (Lipinski definition) is 6. The zero-order valence-corrected chi connectivity index (χ0v) is 18.1. The number of nitrogens with one attached hydrogen (secondary N) is 1. The first-order valence-corrected chi connectivity index (χ1v) is 10.0. The summed E-state index contributed by atoms with van der Waals surface area (Å²) in [4.78, 5) is 21.3. The highest BCUT2D eigenvalue weighted by molar-refractivity contribution is 5.96. The topological polar surface area (TPSA) is 91.2 Å². The summed E-state index contributed by atoms with van der Waals surface area (Å²) in [5, 5.41) is 7.10. The summed E-state index contributed by atoms with van der Waals surface area (Å²) < 4.78 is 12.9. The van der Waals surface area contributed by atoms with Gasteiger partial charge in [0.2, 0.25) is 5.88 Å². The number of benzene rings is 1. The molecule has 0 saturated carbocycles. The average molecular weight is 429 g/mol. The first-order chi connectivity index (χ1) is 15.5. The maximum absolute atomic E-state index is 12.8. The Morgan fingerprint density at radius 1 is 1.12 bits per heavy atom. The highest BCUT2D eigenvalue weighted by Gasteiger charge is 2.14. The van der Waals surface area contributed by atoms with Crippen molar-refractivity contribution >= 4 is 5.91 Å². The predicted octanol–water partition coefficient (Wildman–Crippen LogP) is 3.92. The van der Waals surface area contributed by atoms with E-state index in [1.807, 2.05) is 38.4 Å². The van der Waals surface area contributed by atoms with Gasteiger partial charge in [-0.25, -0.2) is 4.98 Å². The number of pyridine rings is 2. The lowest BCUT2D eigenvalue weighted by molar-refractivity contribution is 0.0950. The molecule has 0 bridgehead atoms. The van der Waals surface area contributed by atoms with E-state index < -0.39 is 0 Å². The van der Waals surface area contributed by atoms with Crippen molar-refractivity contribution in [2.24, 2.45) is 7.05 Å². The number of ether oxygens (including phenoxy) is 2. The van der Waals surface area contributed by atoms with Crippen LogP contribution in [0.2, 0.25) is 0 Å². The second-order valence-corrected chi connectivity index (χ2v) is 7.20. The number of rotatable bonds is 7. The minimum absolute atomic E-state index is 0.186. The SMILES string of the molecule is COc1ccc(CNC(=O)c2cccc(Oc3ccnc(-c4cnn(C)c4)c3)c2C)cn1. The number of hydrogen-bond donors (Lipinski definition) is 1. The van der Waals surface area contributed by atoms with Gasteiger partial charge in [0.05, 0.1) is 19.0 Å². The Hall–Kier alpha value is -4.20. The fourth-order valence-corrected chi connectivity index (χ4v) is 3.20. The van der Waals surface area contributed by atoms with Crippen molar-refractivity contribution in [3.8, 4) is 28.6 Å². The van der Waals surface area contributed by atoms with E-state index in [1.54, 1.807) is 54.6 Å². The number of methoxy groups -OCH3 is 1. The van der Waals surface area contributed by atoms with Gasteiger partial charge in [0.1, 0.15) is 11.5 Å². The highest BCUT2D eigenvalue weighted by Crippen LogP contribution is 2.29. The number of amides is 1. The molecule has 1 N–H and O–H groups in total. The first kappa shape index (κ1) is 21.0. The van der Waals surface area contributed by atoms with Crippen LogP contribution in [-0.2, 0) is 13.6 Å². The largest absolute Gasteiger partial charge is 0.481 e. The monoisotopic (exact) mass is 429 g/mol. The maximum Gasteiger partial charge on any atom is 0.251 e. The average Bonchev–Trinajstić information content (AvgIpc) is 3.26. The Balaban J connectivity index is 1.48. The van der Waals surface area contributed by atoms with Crippen LogP contribution < -0.4 is 14.8 Å². The van der Waals surface area contributed by atoms with Gasteiger partial charge in [0.25, 0.3) is 5.91 Å². The van der Waals surface area contributed by atoms with E-state index in [2.05, 4.69) is 20.4 Å². The normalized spacial score (nSPS) is 10.6. The summed E-state index contributed by atoms with van der Waals surface area (Å²) in [6, 6.07) is 12.7. The first-order valence-electron chi connectivity index (χ1n) is 10.0. The zero-order valence-electron chi connectivity index (χ0n) is 18.1. The van der Waals surface area contributed by atoms with Crippen molar-refractivity contribution in [3.63, 3.8) is 0 Å². The fraction of sp³-hybridized carbons (Fsp3) is 0.167. The molecule has 1 amide bonds. The molecule has 0 radical (unpaired) electrons. The molecule has 8 nitrogen and oxygen atoms in total. The van der Waals surface area contributed by atoms with Crippen LogP contribution in [0.4, 0.5) is 0 Å². The Morgan fingerprint density at radius 3 is 2.72 bits per heavy atom. The van der Waals surface area contributed by atoms with Crippen LogP contribution >= 0.6 is 0 Å². The molecule has 0 saturated heterocycles. The lowest BCUT2D eigenvalue weighted by Gasteiger charge is -2.13. The van der Waals surface area contributed by atoms with Crippen LogP contribution in [0.15, 0.2) is 67.3 Å². The van der Waals surface area contributed by atoms with E-state index in [1.165, 1.54) is 0 Å². The molecule has 0 fully saturated rings. The predicted molar refractivity (Wildman–Crippen MR) is 120 cm³/mol. The summed E-state index contributed by atoms with van der Waals surface area (Å²) in [6.45, 7) is 2.22. The van der Waals surface area contributed by atoms with E-state index in [4.69, 9.17) is 9.47 Å². The third-order valence-electron chi connectivity index (χ3n) is 4.95. The number of carbonyl (C=O) groups is 1. The van der Waals surface area contributed by atoms with Crippen molar-refractivity contribution in [2.45, 2.75) is 13.5 Å². The maximum atomic E-state index is 12.8. The van der Waals surface area contributed by atoms with Gasteiger partial charge >= 0.3 is 0 Å². The Labute approximate surface area is 185 Å². The number of aryl methyl sites for hydroxylation is 1. The quantitative estimate of drug-likeness (QED) is 0.479. The Kier molecular flexibility index (Phi) is 6.12. The van der Waals surface area contributed by atoms with Crippen molar-refractivity contribution in [1.82, 2.24) is 25.1 Å². The van der Waals surface area contributed by atoms with Gasteiger partial charge in [-0.3, -0.25) is 14.5 Å². The molecule has 32 heavy (non-hydrogen) atoms. The molecule has 0 unspecified atom stereocenters. The molecule has 0 spiro atoms. The molecule has 4 aromatic rings. The van der Waals surface area contributed by atoms with Crippen LogP contribution in [0.25, 0.3) is 11.3 Å². The lowest BCUT2D eigenvalue weighted by Crippen LogP contribution is -2.23. The molecular weight excluding hydrogens is 406 g/mol. The summed E-state index contributed by atoms with van der Waals surface area (Å²) in [5.74, 6) is 1.58. The van der Waals surface area contributed by atoms with Crippen LogP contribution in [0, 0.1) is 6.92 Å². The van der Waals surface area contributed by atoms with Crippen LogP contribution in [-0.4, -0.2) is 32.8 Å². The van der Waals surface area contributed by atoms with E-state index in [9.17, 15) is 4.79 Å². The van der Waals surface area contributed by atoms with E-state index in [0.29, 0.717) is 29.5 Å². The van der Waals surface area contributed by atoms with Crippen LogP contribution in [0.5, 0.6) is 17.4 Å². The minimum Gasteiger partial charge on any atom is -0.481 e. The van der Waals surface area contributed by atoms with Gasteiger partial charge in [0, 0.05) is 61.0 Å². The summed E-state index contributed by atoms with van der Waals surface area (Å²) >= 11 is 0. The lowest BCUT2D eigenvalue weighted by atomic mass is 10.1. The van der Waals surface area contributed by atoms with Crippen molar-refractivity contribution in [3.05, 3.63) is 83.9 Å². The number of nitrogens with zero attached hydrogens (tertiary/aromatic N) is 4. The second kappa shape index (κ2) is 9.30. The number of carbonyl (C=O) groups excluding carboxylic acids is 1. The van der Waals surface area contributed by atoms with Gasteiger partial charge in [-0.2, -0.15) is 5.10 Å². The molecule has 4 rings (SSSR count). The van der Waals surface area contributed by atoms with Crippen molar-refractivity contribution in [2.75, 3.05) is 7.11 Å². The van der Waals surface area contributed by atoms with Crippen LogP contribution in [0.1, 0.15) is 21.5 Å². The van der Waals surface area contributed by atoms with Gasteiger partial charge in [-0.05, 0) is 30.7 Å². The van der Waals surface area contributed by atoms with Gasteiger partial charge < -0.3 is 14.8 Å². The molecule has 0 aliphatic rings. The molecule has 0 atom stereocenters. The molecule has 1 aromatic carbocycles. The highest BCUT2D eigenvalue weighted by atomic mass is 16.5. The Morgan fingerprint density at radius 2 is 2.00 bits per heavy atom. The van der Waals surface area contributed by atoms with Crippen LogP contribution in [0.3, 0.4) is 0 Å². The standard InChI is InChI=1S/C24H23N5O3/c1-16-20(24(30)27-13-17-7-8-23(31-3)26-12-17)5-4-6-22(16)32-19-9-10-25-21(11-19)18-14-28-29(2)15-18/h4-12,14-15H,13H2,1-3H3,(H,27,30). The Bertz CT molecular complexity index is 1230. The third kappa shape index (κ3) is 4.75. The molecular formula is C24H23N5O3. The molecule has 162 valence electrons. The van der Waals surface area contributed by atoms with Gasteiger partial charge in [-0.15, -0.1) is 0 Å². The van der Waals surface area contributed by atoms with E-state index in [0.717, 1.165) is 22.4 Å². The van der Waals surface area contributed by atoms with Crippen molar-refractivity contribution < 1.29 is 14.3 Å². The fourth-order valence-electron chi connectivity index (χ4n) is 3.20. The molecule has 3 heterocycles. The van der Waals surface area contributed by atoms with Gasteiger partial charge in [-0.1, -0.05) is 12.1 Å². The molecule has 8 heteroatoms. The summed E-state index contributed by atoms with van der Waals surface area (Å²) in [7, 11) is 3.42. The number of aromatic nitrogens is 4. The molecule has 3 aromatic heterocycles. The summed E-state index contributed by atoms with van der Waals surface area (Å²) in [6.07, 6.45) is 7.00. The van der Waals surface area contributed by atoms with Crippen molar-refractivity contribution in [1.29, 1.82) is 0 Å². The smallest absolute Gasteiger partial charge is 0.251 e.